The minimum absolute atomic E-state index is 0.0718. The van der Waals surface area contributed by atoms with Crippen LogP contribution >= 0.6 is 11.8 Å². The van der Waals surface area contributed by atoms with E-state index in [1.165, 1.54) is 24.1 Å². The lowest BCUT2D eigenvalue weighted by atomic mass is 10.2. The summed E-state index contributed by atoms with van der Waals surface area (Å²) in [5, 5.41) is 16.1. The number of anilines is 1. The molecule has 0 radical (unpaired) electrons. The molecule has 0 aliphatic rings. The number of carbonyl (C=O) groups excluding carboxylic acids is 2. The van der Waals surface area contributed by atoms with Crippen molar-refractivity contribution in [2.24, 2.45) is 0 Å². The van der Waals surface area contributed by atoms with E-state index >= 15 is 0 Å². The number of thioether (sulfide) groups is 1. The molecule has 3 aromatic heterocycles. The SMILES string of the molecule is COC(=O)c1cn[nH]c1NC(=O)CSc1nc2[nH]ncc2c(=O)n1-c1ccccc1C. The highest BCUT2D eigenvalue weighted by atomic mass is 32.2. The third kappa shape index (κ3) is 3.92. The van der Waals surface area contributed by atoms with Crippen LogP contribution in [-0.2, 0) is 9.53 Å². The average Bonchev–Trinajstić information content (AvgIpc) is 3.42. The first-order chi connectivity index (χ1) is 15.0. The fraction of sp³-hybridized carbons (Fsp3) is 0.158. The normalized spacial score (nSPS) is 10.9. The summed E-state index contributed by atoms with van der Waals surface area (Å²) in [7, 11) is 1.24. The van der Waals surface area contributed by atoms with E-state index in [2.05, 4.69) is 35.4 Å². The highest BCUT2D eigenvalue weighted by Gasteiger charge is 2.19. The van der Waals surface area contributed by atoms with Gasteiger partial charge in [0, 0.05) is 0 Å². The number of ether oxygens (including phenoxy) is 1. The Morgan fingerprint density at radius 3 is 2.74 bits per heavy atom. The molecule has 3 heterocycles. The standard InChI is InChI=1S/C19H17N7O4S/c1-10-5-3-4-6-13(10)26-17(28)11-7-20-24-15(11)23-19(26)31-9-14(27)22-16-12(8-21-25-16)18(29)30-2/h3-8H,9H2,1-2H3,(H,20,24)(H2,21,22,25,27). The van der Waals surface area contributed by atoms with Crippen LogP contribution in [0.4, 0.5) is 5.82 Å². The number of hydrogen-bond donors (Lipinski definition) is 3. The van der Waals surface area contributed by atoms with Gasteiger partial charge < -0.3 is 10.1 Å². The van der Waals surface area contributed by atoms with Crippen LogP contribution in [0.15, 0.2) is 46.6 Å². The molecule has 4 rings (SSSR count). The number of amides is 1. The van der Waals surface area contributed by atoms with Crippen molar-refractivity contribution in [1.29, 1.82) is 0 Å². The third-order valence-electron chi connectivity index (χ3n) is 4.45. The van der Waals surface area contributed by atoms with Gasteiger partial charge in [-0.05, 0) is 18.6 Å². The van der Waals surface area contributed by atoms with E-state index in [1.807, 2.05) is 31.2 Å². The average molecular weight is 439 g/mol. The second kappa shape index (κ2) is 8.44. The van der Waals surface area contributed by atoms with Crippen molar-refractivity contribution in [3.8, 4) is 5.69 Å². The smallest absolute Gasteiger partial charge is 0.343 e. The number of hydrogen-bond acceptors (Lipinski definition) is 8. The van der Waals surface area contributed by atoms with Crippen LogP contribution < -0.4 is 10.9 Å². The maximum Gasteiger partial charge on any atom is 0.343 e. The van der Waals surface area contributed by atoms with Gasteiger partial charge in [0.2, 0.25) is 5.91 Å². The maximum atomic E-state index is 13.1. The van der Waals surface area contributed by atoms with E-state index < -0.39 is 11.9 Å². The summed E-state index contributed by atoms with van der Waals surface area (Å²) in [4.78, 5) is 41.8. The predicted octanol–water partition coefficient (Wildman–Crippen LogP) is 1.66. The van der Waals surface area contributed by atoms with Crippen LogP contribution in [0.1, 0.15) is 15.9 Å². The van der Waals surface area contributed by atoms with Gasteiger partial charge in [-0.1, -0.05) is 30.0 Å². The van der Waals surface area contributed by atoms with Gasteiger partial charge >= 0.3 is 5.97 Å². The van der Waals surface area contributed by atoms with Crippen LogP contribution in [-0.4, -0.2) is 54.7 Å². The molecular weight excluding hydrogens is 422 g/mol. The number of nitrogens with one attached hydrogen (secondary N) is 3. The van der Waals surface area contributed by atoms with Gasteiger partial charge in [-0.2, -0.15) is 10.2 Å². The van der Waals surface area contributed by atoms with Crippen LogP contribution in [0.5, 0.6) is 0 Å². The molecule has 3 N–H and O–H groups in total. The quantitative estimate of drug-likeness (QED) is 0.233. The summed E-state index contributed by atoms with van der Waals surface area (Å²) in [6.07, 6.45) is 2.69. The molecule has 0 saturated carbocycles. The van der Waals surface area contributed by atoms with Gasteiger partial charge in [-0.25, -0.2) is 9.78 Å². The van der Waals surface area contributed by atoms with Gasteiger partial charge in [0.05, 0.1) is 30.9 Å². The Morgan fingerprint density at radius 2 is 1.97 bits per heavy atom. The Kier molecular flexibility index (Phi) is 5.54. The Bertz CT molecular complexity index is 1340. The molecule has 0 fully saturated rings. The van der Waals surface area contributed by atoms with E-state index in [-0.39, 0.29) is 22.7 Å². The lowest BCUT2D eigenvalue weighted by molar-refractivity contribution is -0.113. The zero-order chi connectivity index (χ0) is 22.0. The molecule has 0 aliphatic carbocycles. The molecule has 1 aromatic carbocycles. The highest BCUT2D eigenvalue weighted by Crippen LogP contribution is 2.23. The molecule has 1 amide bonds. The number of aromatic nitrogens is 6. The first kappa shape index (κ1) is 20.3. The number of fused-ring (bicyclic) bond motifs is 1. The molecule has 0 atom stereocenters. The van der Waals surface area contributed by atoms with Crippen molar-refractivity contribution in [2.75, 3.05) is 18.2 Å². The maximum absolute atomic E-state index is 13.1. The van der Waals surface area contributed by atoms with E-state index in [0.29, 0.717) is 21.9 Å². The van der Waals surface area contributed by atoms with Gasteiger partial charge in [0.25, 0.3) is 5.56 Å². The van der Waals surface area contributed by atoms with E-state index in [1.54, 1.807) is 0 Å². The molecule has 11 nitrogen and oxygen atoms in total. The largest absolute Gasteiger partial charge is 0.465 e. The zero-order valence-electron chi connectivity index (χ0n) is 16.5. The Balaban J connectivity index is 1.63. The number of rotatable bonds is 6. The molecule has 0 saturated heterocycles. The summed E-state index contributed by atoms with van der Waals surface area (Å²) < 4.78 is 6.12. The molecule has 0 unspecified atom stereocenters. The lowest BCUT2D eigenvalue weighted by Gasteiger charge is -2.13. The van der Waals surface area contributed by atoms with E-state index in [0.717, 1.165) is 17.3 Å². The van der Waals surface area contributed by atoms with Crippen molar-refractivity contribution in [3.05, 3.63) is 58.1 Å². The minimum Gasteiger partial charge on any atom is -0.465 e. The van der Waals surface area contributed by atoms with Crippen LogP contribution in [0, 0.1) is 6.92 Å². The molecule has 12 heteroatoms. The Morgan fingerprint density at radius 1 is 1.19 bits per heavy atom. The van der Waals surface area contributed by atoms with Crippen molar-refractivity contribution < 1.29 is 14.3 Å². The van der Waals surface area contributed by atoms with Gasteiger partial charge in [0.1, 0.15) is 16.8 Å². The topological polar surface area (TPSA) is 148 Å². The fourth-order valence-electron chi connectivity index (χ4n) is 2.95. The monoisotopic (exact) mass is 439 g/mol. The molecule has 158 valence electrons. The number of methoxy groups -OCH3 is 1. The summed E-state index contributed by atoms with van der Waals surface area (Å²) in [5.41, 5.74) is 1.68. The molecule has 31 heavy (non-hydrogen) atoms. The number of esters is 1. The number of para-hydroxylation sites is 1. The first-order valence-corrected chi connectivity index (χ1v) is 10.0. The number of aryl methyl sites for hydroxylation is 1. The van der Waals surface area contributed by atoms with Gasteiger partial charge in [-0.3, -0.25) is 24.4 Å². The summed E-state index contributed by atoms with van der Waals surface area (Å²) in [5.74, 6) is -0.991. The van der Waals surface area contributed by atoms with Gasteiger partial charge in [-0.15, -0.1) is 0 Å². The minimum atomic E-state index is -0.628. The van der Waals surface area contributed by atoms with Crippen molar-refractivity contribution in [1.82, 2.24) is 29.9 Å². The molecule has 0 aliphatic heterocycles. The number of nitrogens with zero attached hydrogens (tertiary/aromatic N) is 4. The summed E-state index contributed by atoms with van der Waals surface area (Å²) in [6, 6.07) is 7.38. The van der Waals surface area contributed by atoms with Crippen LogP contribution in [0.25, 0.3) is 16.7 Å². The third-order valence-corrected chi connectivity index (χ3v) is 5.39. The fourth-order valence-corrected chi connectivity index (χ4v) is 3.75. The molecule has 4 aromatic rings. The first-order valence-electron chi connectivity index (χ1n) is 9.06. The highest BCUT2D eigenvalue weighted by molar-refractivity contribution is 7.99. The lowest BCUT2D eigenvalue weighted by Crippen LogP contribution is -2.23. The Hall–Kier alpha value is -3.93. The van der Waals surface area contributed by atoms with Crippen LogP contribution in [0.3, 0.4) is 0 Å². The van der Waals surface area contributed by atoms with Crippen molar-refractivity contribution in [2.45, 2.75) is 12.1 Å². The molecule has 0 spiro atoms. The number of benzene rings is 1. The zero-order valence-corrected chi connectivity index (χ0v) is 17.3. The summed E-state index contributed by atoms with van der Waals surface area (Å²) in [6.45, 7) is 1.88. The van der Waals surface area contributed by atoms with Crippen LogP contribution in [0.2, 0.25) is 0 Å². The van der Waals surface area contributed by atoms with Crippen molar-refractivity contribution in [3.63, 3.8) is 0 Å². The molecule has 0 bridgehead atoms. The summed E-state index contributed by atoms with van der Waals surface area (Å²) >= 11 is 1.07. The van der Waals surface area contributed by atoms with E-state index in [4.69, 9.17) is 0 Å². The number of H-pyrrole nitrogens is 2. The van der Waals surface area contributed by atoms with Gasteiger partial charge in [0.15, 0.2) is 10.8 Å². The van der Waals surface area contributed by atoms with E-state index in [9.17, 15) is 14.4 Å². The number of carbonyl (C=O) groups is 2. The predicted molar refractivity (Wildman–Crippen MR) is 114 cm³/mol. The Labute approximate surface area is 179 Å². The van der Waals surface area contributed by atoms with Crippen molar-refractivity contribution >= 4 is 40.5 Å². The second-order valence-electron chi connectivity index (χ2n) is 6.44. The molecular formula is C19H17N7O4S. The second-order valence-corrected chi connectivity index (χ2v) is 7.38. The number of aromatic amines is 2.